The number of aliphatic imine (C=N–C) groups is 1. The fraction of sp³-hybridized carbons (Fsp3) is 0.118. The predicted molar refractivity (Wildman–Crippen MR) is 95.3 cm³/mol. The van der Waals surface area contributed by atoms with Gasteiger partial charge in [0.15, 0.2) is 6.19 Å². The van der Waals surface area contributed by atoms with Crippen LogP contribution in [-0.2, 0) is 0 Å². The minimum Gasteiger partial charge on any atom is -0.397 e. The number of hydrogen-bond acceptors (Lipinski definition) is 9. The molecule has 0 radical (unpaired) electrons. The molecule has 0 spiro atoms. The molecule has 1 aliphatic heterocycles. The molecule has 126 valence electrons. The van der Waals surface area contributed by atoms with E-state index in [2.05, 4.69) is 26.7 Å². The molecule has 0 saturated carbocycles. The van der Waals surface area contributed by atoms with Crippen LogP contribution in [0, 0.1) is 41.0 Å². The molecule has 2 heterocycles. The fourth-order valence-electron chi connectivity index (χ4n) is 2.80. The number of hydrogen-bond donors (Lipinski definition) is 4. The number of aromatic nitrogens is 1. The van der Waals surface area contributed by atoms with Gasteiger partial charge in [-0.2, -0.15) is 15.8 Å². The highest BCUT2D eigenvalue weighted by Crippen LogP contribution is 2.40. The average molecular weight is 343 g/mol. The standard InChI is InChI=1S/C17H13N9/c1-8-4-9(2-3-10(8)5-18)14-12-13(21)11(6-19)15(22)25-16(12)26-17(24-14)23-7-20/h2-4,14H,1H3,(H6,21,22,23,24,25,26). The number of pyridine rings is 1. The van der Waals surface area contributed by atoms with Crippen LogP contribution >= 0.6 is 0 Å². The van der Waals surface area contributed by atoms with Gasteiger partial charge in [0.25, 0.3) is 0 Å². The Bertz CT molecular complexity index is 1060. The summed E-state index contributed by atoms with van der Waals surface area (Å²) in [5.41, 5.74) is 14.8. The van der Waals surface area contributed by atoms with Crippen molar-refractivity contribution in [2.75, 3.05) is 16.8 Å². The first-order valence-corrected chi connectivity index (χ1v) is 7.49. The van der Waals surface area contributed by atoms with Gasteiger partial charge in [-0.25, -0.2) is 9.98 Å². The molecule has 1 aromatic carbocycles. The lowest BCUT2D eigenvalue weighted by molar-refractivity contribution is 0.845. The second-order valence-electron chi connectivity index (χ2n) is 5.59. The number of nitrogens with two attached hydrogens (primary N) is 2. The van der Waals surface area contributed by atoms with E-state index in [1.165, 1.54) is 0 Å². The van der Waals surface area contributed by atoms with E-state index < -0.39 is 6.04 Å². The number of nitrogens with one attached hydrogen (secondary N) is 2. The number of anilines is 3. The SMILES string of the molecule is Cc1cc(C2N=C(NC#N)Nc3nc(N)c(C#N)c(N)c32)ccc1C#N. The van der Waals surface area contributed by atoms with Crippen molar-refractivity contribution in [3.05, 3.63) is 46.0 Å². The molecule has 2 aromatic rings. The Labute approximate surface area is 149 Å². The highest BCUT2D eigenvalue weighted by Gasteiger charge is 2.29. The lowest BCUT2D eigenvalue weighted by Crippen LogP contribution is -2.32. The van der Waals surface area contributed by atoms with Crippen LogP contribution in [0.2, 0.25) is 0 Å². The Morgan fingerprint density at radius 3 is 2.58 bits per heavy atom. The van der Waals surface area contributed by atoms with Crippen molar-refractivity contribution in [1.82, 2.24) is 10.3 Å². The van der Waals surface area contributed by atoms with Crippen molar-refractivity contribution in [3.63, 3.8) is 0 Å². The Balaban J connectivity index is 2.25. The quantitative estimate of drug-likeness (QED) is 0.442. The number of nitrogen functional groups attached to an aromatic ring is 2. The van der Waals surface area contributed by atoms with E-state index in [9.17, 15) is 5.26 Å². The third kappa shape index (κ3) is 2.58. The van der Waals surface area contributed by atoms with E-state index in [1.54, 1.807) is 18.3 Å². The fourth-order valence-corrected chi connectivity index (χ4v) is 2.80. The molecule has 0 bridgehead atoms. The van der Waals surface area contributed by atoms with Gasteiger partial charge in [0.05, 0.1) is 17.3 Å². The van der Waals surface area contributed by atoms with Crippen LogP contribution < -0.4 is 22.1 Å². The monoisotopic (exact) mass is 343 g/mol. The number of aryl methyl sites for hydroxylation is 1. The van der Waals surface area contributed by atoms with Gasteiger partial charge in [0.1, 0.15) is 29.3 Å². The van der Waals surface area contributed by atoms with Crippen molar-refractivity contribution in [1.29, 1.82) is 15.8 Å². The van der Waals surface area contributed by atoms with Crippen LogP contribution in [0.1, 0.15) is 33.9 Å². The first-order valence-electron chi connectivity index (χ1n) is 7.49. The summed E-state index contributed by atoms with van der Waals surface area (Å²) >= 11 is 0. The van der Waals surface area contributed by atoms with Gasteiger partial charge in [-0.3, -0.25) is 5.32 Å². The van der Waals surface area contributed by atoms with E-state index in [0.717, 1.165) is 11.1 Å². The van der Waals surface area contributed by atoms with Gasteiger partial charge in [0, 0.05) is 5.56 Å². The first kappa shape index (κ1) is 16.6. The van der Waals surface area contributed by atoms with Gasteiger partial charge in [0.2, 0.25) is 5.96 Å². The summed E-state index contributed by atoms with van der Waals surface area (Å²) in [5.74, 6) is 0.492. The number of nitrogens with zero attached hydrogens (tertiary/aromatic N) is 5. The second-order valence-corrected chi connectivity index (χ2v) is 5.59. The molecule has 6 N–H and O–H groups in total. The summed E-state index contributed by atoms with van der Waals surface area (Å²) in [4.78, 5) is 8.66. The number of nitriles is 3. The van der Waals surface area contributed by atoms with Gasteiger partial charge in [-0.15, -0.1) is 0 Å². The molecule has 0 aliphatic carbocycles. The zero-order chi connectivity index (χ0) is 18.8. The molecule has 3 rings (SSSR count). The van der Waals surface area contributed by atoms with Crippen LogP contribution in [0.4, 0.5) is 17.3 Å². The lowest BCUT2D eigenvalue weighted by Gasteiger charge is -2.26. The van der Waals surface area contributed by atoms with E-state index in [-0.39, 0.29) is 23.0 Å². The molecule has 0 fully saturated rings. The van der Waals surface area contributed by atoms with E-state index >= 15 is 0 Å². The Morgan fingerprint density at radius 1 is 1.19 bits per heavy atom. The minimum atomic E-state index is -0.617. The number of rotatable bonds is 1. The average Bonchev–Trinajstić information content (AvgIpc) is 2.61. The van der Waals surface area contributed by atoms with Gasteiger partial charge < -0.3 is 16.8 Å². The van der Waals surface area contributed by atoms with Crippen LogP contribution in [0.5, 0.6) is 0 Å². The number of benzene rings is 1. The van der Waals surface area contributed by atoms with Crippen LogP contribution in [0.15, 0.2) is 23.2 Å². The molecular formula is C17H13N9. The molecule has 0 amide bonds. The Morgan fingerprint density at radius 2 is 1.96 bits per heavy atom. The molecule has 0 saturated heterocycles. The first-order chi connectivity index (χ1) is 12.5. The maximum atomic E-state index is 9.31. The minimum absolute atomic E-state index is 0.00998. The maximum Gasteiger partial charge on any atom is 0.211 e. The van der Waals surface area contributed by atoms with Crippen molar-refractivity contribution in [3.8, 4) is 18.3 Å². The third-order valence-electron chi connectivity index (χ3n) is 4.04. The topological polar surface area (TPSA) is 173 Å². The highest BCUT2D eigenvalue weighted by atomic mass is 15.2. The smallest absolute Gasteiger partial charge is 0.211 e. The third-order valence-corrected chi connectivity index (χ3v) is 4.04. The predicted octanol–water partition coefficient (Wildman–Crippen LogP) is 1.24. The zero-order valence-corrected chi connectivity index (χ0v) is 13.7. The van der Waals surface area contributed by atoms with E-state index in [4.69, 9.17) is 22.0 Å². The van der Waals surface area contributed by atoms with E-state index in [0.29, 0.717) is 16.9 Å². The summed E-state index contributed by atoms with van der Waals surface area (Å²) in [5, 5.41) is 32.6. The van der Waals surface area contributed by atoms with Crippen molar-refractivity contribution in [2.45, 2.75) is 13.0 Å². The second kappa shape index (κ2) is 6.31. The number of guanidine groups is 1. The maximum absolute atomic E-state index is 9.31. The molecule has 1 unspecified atom stereocenters. The largest absolute Gasteiger partial charge is 0.397 e. The van der Waals surface area contributed by atoms with Crippen LogP contribution in [-0.4, -0.2) is 10.9 Å². The van der Waals surface area contributed by atoms with Crippen molar-refractivity contribution >= 4 is 23.3 Å². The summed E-state index contributed by atoms with van der Waals surface area (Å²) in [7, 11) is 0. The molecular weight excluding hydrogens is 330 g/mol. The number of fused-ring (bicyclic) bond motifs is 1. The molecule has 1 aliphatic rings. The van der Waals surface area contributed by atoms with Gasteiger partial charge in [-0.1, -0.05) is 12.1 Å². The summed E-state index contributed by atoms with van der Waals surface area (Å²) < 4.78 is 0. The molecule has 1 atom stereocenters. The zero-order valence-electron chi connectivity index (χ0n) is 13.7. The Hall–Kier alpha value is -4.29. The van der Waals surface area contributed by atoms with Crippen molar-refractivity contribution in [2.24, 2.45) is 4.99 Å². The van der Waals surface area contributed by atoms with Crippen molar-refractivity contribution < 1.29 is 0 Å². The van der Waals surface area contributed by atoms with Gasteiger partial charge >= 0.3 is 0 Å². The lowest BCUT2D eigenvalue weighted by atomic mass is 9.93. The molecule has 9 heteroatoms. The summed E-state index contributed by atoms with van der Waals surface area (Å²) in [6, 6.07) is 8.70. The normalized spacial score (nSPS) is 14.7. The summed E-state index contributed by atoms with van der Waals surface area (Å²) in [6.07, 6.45) is 1.79. The van der Waals surface area contributed by atoms with Crippen LogP contribution in [0.25, 0.3) is 0 Å². The molecule has 9 nitrogen and oxygen atoms in total. The van der Waals surface area contributed by atoms with Gasteiger partial charge in [-0.05, 0) is 24.1 Å². The highest BCUT2D eigenvalue weighted by molar-refractivity contribution is 5.98. The van der Waals surface area contributed by atoms with E-state index in [1.807, 2.05) is 19.1 Å². The molecule has 1 aromatic heterocycles. The Kier molecular flexibility index (Phi) is 4.02. The van der Waals surface area contributed by atoms with Crippen LogP contribution in [0.3, 0.4) is 0 Å². The molecule has 26 heavy (non-hydrogen) atoms. The summed E-state index contributed by atoms with van der Waals surface area (Å²) in [6.45, 7) is 1.81.